The van der Waals surface area contributed by atoms with E-state index in [4.69, 9.17) is 0 Å². The summed E-state index contributed by atoms with van der Waals surface area (Å²) in [6, 6.07) is 3.16. The molecule has 3 rings (SSSR count). The normalized spacial score (nSPS) is 19.4. The molecule has 0 N–H and O–H groups in total. The van der Waals surface area contributed by atoms with Gasteiger partial charge in [-0.1, -0.05) is 19.8 Å². The van der Waals surface area contributed by atoms with Gasteiger partial charge in [0.05, 0.1) is 6.61 Å². The molecule has 0 radical (unpaired) electrons. The van der Waals surface area contributed by atoms with E-state index in [-0.39, 0.29) is 11.5 Å². The zero-order valence-electron chi connectivity index (χ0n) is 17.7. The molecule has 1 aliphatic rings. The molecule has 176 valence electrons. The first-order valence-corrected chi connectivity index (χ1v) is 10.8. The van der Waals surface area contributed by atoms with E-state index in [1.807, 2.05) is 0 Å². The first-order valence-electron chi connectivity index (χ1n) is 10.8. The molecule has 0 aliphatic heterocycles. The second-order valence-corrected chi connectivity index (χ2v) is 8.35. The lowest BCUT2D eigenvalue weighted by Gasteiger charge is -2.29. The lowest BCUT2D eigenvalue weighted by molar-refractivity contribution is -0.251. The Morgan fingerprint density at radius 2 is 1.41 bits per heavy atom. The second-order valence-electron chi connectivity index (χ2n) is 8.35. The van der Waals surface area contributed by atoms with E-state index in [9.17, 15) is 30.7 Å². The molecule has 0 spiro atoms. The molecule has 1 fully saturated rings. The molecule has 2 aromatic rings. The zero-order chi connectivity index (χ0) is 23.5. The number of alkyl halides is 2. The Bertz CT molecular complexity index is 890. The average molecular weight is 462 g/mol. The lowest BCUT2D eigenvalue weighted by atomic mass is 9.77. The van der Waals surface area contributed by atoms with Crippen LogP contribution in [0.4, 0.5) is 30.7 Å². The molecule has 0 unspecified atom stereocenters. The Morgan fingerprint density at radius 1 is 0.844 bits per heavy atom. The van der Waals surface area contributed by atoms with Gasteiger partial charge < -0.3 is 4.74 Å². The third kappa shape index (κ3) is 5.63. The van der Waals surface area contributed by atoms with E-state index in [1.165, 1.54) is 0 Å². The van der Waals surface area contributed by atoms with Gasteiger partial charge >= 0.3 is 6.11 Å². The van der Waals surface area contributed by atoms with Crippen LogP contribution in [0.25, 0.3) is 0 Å². The van der Waals surface area contributed by atoms with Crippen LogP contribution in [-0.2, 0) is 17.3 Å². The monoisotopic (exact) mass is 462 g/mol. The van der Waals surface area contributed by atoms with Crippen LogP contribution >= 0.6 is 0 Å². The summed E-state index contributed by atoms with van der Waals surface area (Å²) in [6.07, 6.45) is 0.860. The molecule has 8 heteroatoms. The lowest BCUT2D eigenvalue weighted by Crippen LogP contribution is -2.24. The summed E-state index contributed by atoms with van der Waals surface area (Å²) >= 11 is 0. The van der Waals surface area contributed by atoms with Crippen molar-refractivity contribution in [3.8, 4) is 0 Å². The van der Waals surface area contributed by atoms with E-state index in [0.717, 1.165) is 50.7 Å². The zero-order valence-corrected chi connectivity index (χ0v) is 17.7. The Kier molecular flexibility index (Phi) is 7.85. The molecule has 1 aliphatic carbocycles. The Labute approximate surface area is 182 Å². The predicted molar refractivity (Wildman–Crippen MR) is 106 cm³/mol. The fourth-order valence-corrected chi connectivity index (χ4v) is 4.42. The highest BCUT2D eigenvalue weighted by atomic mass is 19.3. The standard InChI is InChI=1S/C24H25F7O/c1-2-3-14-4-6-16(7-5-14)17-12-18(25)22(19(26)13-17)24(30,31)32-9-8-15-10-20(27)23(29)21(28)11-15/h10-14,16H,2-9H2,1H3/t14-,16-. The third-order valence-corrected chi connectivity index (χ3v) is 6.09. The van der Waals surface area contributed by atoms with E-state index in [1.54, 1.807) is 0 Å². The Hall–Kier alpha value is -2.09. The largest absolute Gasteiger partial charge is 0.389 e. The quantitative estimate of drug-likeness (QED) is 0.288. The van der Waals surface area contributed by atoms with E-state index >= 15 is 0 Å². The van der Waals surface area contributed by atoms with Gasteiger partial charge in [-0.25, -0.2) is 22.0 Å². The van der Waals surface area contributed by atoms with Gasteiger partial charge in [-0.3, -0.25) is 0 Å². The molecular weight excluding hydrogens is 437 g/mol. The second kappa shape index (κ2) is 10.2. The van der Waals surface area contributed by atoms with Gasteiger partial charge in [-0.15, -0.1) is 0 Å². The molecule has 2 aromatic carbocycles. The number of hydrogen-bond donors (Lipinski definition) is 0. The fraction of sp³-hybridized carbons (Fsp3) is 0.500. The Morgan fingerprint density at radius 3 is 1.94 bits per heavy atom. The van der Waals surface area contributed by atoms with Crippen molar-refractivity contribution < 1.29 is 35.5 Å². The molecule has 0 bridgehead atoms. The number of rotatable bonds is 8. The molecule has 32 heavy (non-hydrogen) atoms. The van der Waals surface area contributed by atoms with Gasteiger partial charge in [0.1, 0.15) is 17.2 Å². The van der Waals surface area contributed by atoms with Crippen LogP contribution < -0.4 is 0 Å². The third-order valence-electron chi connectivity index (χ3n) is 6.09. The summed E-state index contributed by atoms with van der Waals surface area (Å²) in [5.74, 6) is -6.92. The van der Waals surface area contributed by atoms with Gasteiger partial charge in [-0.05, 0) is 79.3 Å². The number of benzene rings is 2. The van der Waals surface area contributed by atoms with Crippen molar-refractivity contribution in [2.45, 2.75) is 63.9 Å². The smallest absolute Gasteiger partial charge is 0.316 e. The highest BCUT2D eigenvalue weighted by molar-refractivity contribution is 5.31. The summed E-state index contributed by atoms with van der Waals surface area (Å²) in [5.41, 5.74) is -1.28. The van der Waals surface area contributed by atoms with E-state index in [0.29, 0.717) is 23.6 Å². The maximum Gasteiger partial charge on any atom is 0.389 e. The summed E-state index contributed by atoms with van der Waals surface area (Å²) in [4.78, 5) is 0. The summed E-state index contributed by atoms with van der Waals surface area (Å²) in [7, 11) is 0. The van der Waals surface area contributed by atoms with Gasteiger partial charge in [0, 0.05) is 0 Å². The molecule has 0 saturated heterocycles. The van der Waals surface area contributed by atoms with Gasteiger partial charge in [-0.2, -0.15) is 8.78 Å². The van der Waals surface area contributed by atoms with Gasteiger partial charge in [0.2, 0.25) is 0 Å². The minimum Gasteiger partial charge on any atom is -0.316 e. The summed E-state index contributed by atoms with van der Waals surface area (Å²) in [6.45, 7) is 1.31. The molecule has 1 nitrogen and oxygen atoms in total. The molecular formula is C24H25F7O. The molecule has 0 amide bonds. The first-order chi connectivity index (χ1) is 15.1. The molecule has 0 atom stereocenters. The van der Waals surface area contributed by atoms with Crippen molar-refractivity contribution >= 4 is 0 Å². The predicted octanol–water partition coefficient (Wildman–Crippen LogP) is 7.76. The van der Waals surface area contributed by atoms with Crippen LogP contribution in [0.3, 0.4) is 0 Å². The van der Waals surface area contributed by atoms with Gasteiger partial charge in [0.25, 0.3) is 0 Å². The van der Waals surface area contributed by atoms with Crippen LogP contribution in [0.5, 0.6) is 0 Å². The highest BCUT2D eigenvalue weighted by Crippen LogP contribution is 2.40. The highest BCUT2D eigenvalue weighted by Gasteiger charge is 2.40. The fourth-order valence-electron chi connectivity index (χ4n) is 4.42. The number of ether oxygens (including phenoxy) is 1. The van der Waals surface area contributed by atoms with Crippen molar-refractivity contribution in [1.82, 2.24) is 0 Å². The van der Waals surface area contributed by atoms with Crippen LogP contribution in [0.1, 0.15) is 68.1 Å². The maximum atomic E-state index is 14.5. The van der Waals surface area contributed by atoms with Crippen LogP contribution in [0.15, 0.2) is 24.3 Å². The van der Waals surface area contributed by atoms with Crippen molar-refractivity contribution in [2.75, 3.05) is 6.61 Å². The number of halogens is 7. The molecule has 0 heterocycles. The SMILES string of the molecule is CCC[C@H]1CC[C@H](c2cc(F)c(C(F)(F)OCCc3cc(F)c(F)c(F)c3)c(F)c2)CC1. The topological polar surface area (TPSA) is 9.23 Å². The number of hydrogen-bond acceptors (Lipinski definition) is 1. The minimum atomic E-state index is -4.29. The van der Waals surface area contributed by atoms with Crippen molar-refractivity contribution in [1.29, 1.82) is 0 Å². The minimum absolute atomic E-state index is 0.0843. The van der Waals surface area contributed by atoms with Crippen LogP contribution in [0.2, 0.25) is 0 Å². The first kappa shape index (κ1) is 24.6. The summed E-state index contributed by atoms with van der Waals surface area (Å²) in [5, 5.41) is 0. The van der Waals surface area contributed by atoms with Crippen molar-refractivity contribution in [3.63, 3.8) is 0 Å². The Balaban J connectivity index is 1.67. The van der Waals surface area contributed by atoms with Gasteiger partial charge in [0.15, 0.2) is 17.5 Å². The summed E-state index contributed by atoms with van der Waals surface area (Å²) < 4.78 is 102. The van der Waals surface area contributed by atoms with E-state index in [2.05, 4.69) is 11.7 Å². The van der Waals surface area contributed by atoms with E-state index < -0.39 is 53.8 Å². The van der Waals surface area contributed by atoms with Crippen LogP contribution in [-0.4, -0.2) is 6.61 Å². The maximum absolute atomic E-state index is 14.5. The van der Waals surface area contributed by atoms with Crippen molar-refractivity contribution in [2.24, 2.45) is 5.92 Å². The van der Waals surface area contributed by atoms with Crippen molar-refractivity contribution in [3.05, 3.63) is 70.0 Å². The van der Waals surface area contributed by atoms with Crippen LogP contribution in [0, 0.1) is 35.0 Å². The molecule has 0 aromatic heterocycles. The molecule has 1 saturated carbocycles. The average Bonchev–Trinajstić information content (AvgIpc) is 2.72.